The van der Waals surface area contributed by atoms with Crippen molar-refractivity contribution in [3.05, 3.63) is 170 Å². The molecule has 2 aromatic heterocycles. The van der Waals surface area contributed by atoms with Crippen LogP contribution in [0.15, 0.2) is 174 Å². The molecule has 0 bridgehead atoms. The van der Waals surface area contributed by atoms with Crippen molar-refractivity contribution in [3.63, 3.8) is 0 Å². The fourth-order valence-electron chi connectivity index (χ4n) is 6.71. The highest BCUT2D eigenvalue weighted by molar-refractivity contribution is 6.20. The number of hydrogen-bond donors (Lipinski definition) is 0. The SMILES string of the molecule is c1ccc(N(c2ccc(-c3ccc4c(c3)c3c5ccccc5oc3n4-c3ccccc3)cc2)c2cccc3ccccc23)cc1. The molecule has 0 fully saturated rings. The zero-order valence-corrected chi connectivity index (χ0v) is 24.5. The fraction of sp³-hybridized carbons (Fsp3) is 0. The highest BCUT2D eigenvalue weighted by Gasteiger charge is 2.20. The first kappa shape index (κ1) is 25.4. The molecule has 9 rings (SSSR count). The van der Waals surface area contributed by atoms with Gasteiger partial charge in [-0.2, -0.15) is 0 Å². The number of benzene rings is 7. The minimum Gasteiger partial charge on any atom is -0.439 e. The van der Waals surface area contributed by atoms with E-state index in [1.54, 1.807) is 0 Å². The van der Waals surface area contributed by atoms with E-state index in [0.717, 1.165) is 50.3 Å². The zero-order valence-electron chi connectivity index (χ0n) is 24.5. The van der Waals surface area contributed by atoms with Gasteiger partial charge in [0, 0.05) is 33.2 Å². The predicted octanol–water partition coefficient (Wildman–Crippen LogP) is 11.8. The van der Waals surface area contributed by atoms with Crippen molar-refractivity contribution in [2.75, 3.05) is 4.90 Å². The lowest BCUT2D eigenvalue weighted by molar-refractivity contribution is 0.645. The third-order valence-corrected chi connectivity index (χ3v) is 8.78. The molecule has 0 saturated heterocycles. The van der Waals surface area contributed by atoms with Crippen LogP contribution in [0.1, 0.15) is 0 Å². The molecule has 0 unspecified atom stereocenters. The summed E-state index contributed by atoms with van der Waals surface area (Å²) in [4.78, 5) is 2.34. The number of para-hydroxylation sites is 3. The van der Waals surface area contributed by atoms with Crippen molar-refractivity contribution >= 4 is 60.8 Å². The normalized spacial score (nSPS) is 11.6. The lowest BCUT2D eigenvalue weighted by Gasteiger charge is -2.27. The van der Waals surface area contributed by atoms with Crippen LogP contribution < -0.4 is 4.90 Å². The third-order valence-electron chi connectivity index (χ3n) is 8.78. The van der Waals surface area contributed by atoms with Crippen molar-refractivity contribution < 1.29 is 4.42 Å². The molecule has 0 aliphatic carbocycles. The number of nitrogens with zero attached hydrogens (tertiary/aromatic N) is 2. The molecule has 9 aromatic rings. The number of fused-ring (bicyclic) bond motifs is 6. The molecule has 0 aliphatic rings. The van der Waals surface area contributed by atoms with Gasteiger partial charge in [-0.25, -0.2) is 0 Å². The quantitative estimate of drug-likeness (QED) is 0.203. The first-order chi connectivity index (χ1) is 22.3. The fourth-order valence-corrected chi connectivity index (χ4v) is 6.71. The Balaban J connectivity index is 1.19. The van der Waals surface area contributed by atoms with Gasteiger partial charge in [-0.3, -0.25) is 4.57 Å². The van der Waals surface area contributed by atoms with Crippen LogP contribution in [0.2, 0.25) is 0 Å². The van der Waals surface area contributed by atoms with Crippen LogP contribution in [0.3, 0.4) is 0 Å². The van der Waals surface area contributed by atoms with E-state index < -0.39 is 0 Å². The van der Waals surface area contributed by atoms with Crippen LogP contribution >= 0.6 is 0 Å². The van der Waals surface area contributed by atoms with Gasteiger partial charge in [0.15, 0.2) is 0 Å². The molecule has 0 saturated carbocycles. The largest absolute Gasteiger partial charge is 0.439 e. The minimum atomic E-state index is 0.874. The number of rotatable bonds is 5. The van der Waals surface area contributed by atoms with E-state index in [1.165, 1.54) is 27.3 Å². The molecule has 0 spiro atoms. The molecule has 3 nitrogen and oxygen atoms in total. The molecule has 3 heteroatoms. The maximum Gasteiger partial charge on any atom is 0.213 e. The van der Waals surface area contributed by atoms with Crippen LogP contribution in [0.25, 0.3) is 60.6 Å². The van der Waals surface area contributed by atoms with E-state index in [4.69, 9.17) is 4.42 Å². The summed E-state index contributed by atoms with van der Waals surface area (Å²) in [5.41, 5.74) is 9.72. The van der Waals surface area contributed by atoms with Crippen LogP contribution in [-0.2, 0) is 0 Å². The first-order valence-corrected chi connectivity index (χ1v) is 15.3. The third kappa shape index (κ3) is 4.13. The van der Waals surface area contributed by atoms with Crippen LogP contribution in [0.4, 0.5) is 17.1 Å². The van der Waals surface area contributed by atoms with E-state index >= 15 is 0 Å². The summed E-state index contributed by atoms with van der Waals surface area (Å²) in [7, 11) is 0. The molecular formula is C42H28N2O. The van der Waals surface area contributed by atoms with Crippen molar-refractivity contribution in [1.82, 2.24) is 4.57 Å². The Hall–Kier alpha value is -6.06. The zero-order chi connectivity index (χ0) is 29.7. The van der Waals surface area contributed by atoms with Gasteiger partial charge in [0.05, 0.1) is 16.6 Å². The highest BCUT2D eigenvalue weighted by Crippen LogP contribution is 2.42. The Kier molecular flexibility index (Phi) is 5.82. The molecule has 0 N–H and O–H groups in total. The molecule has 2 heterocycles. The van der Waals surface area contributed by atoms with Gasteiger partial charge in [0.1, 0.15) is 5.58 Å². The van der Waals surface area contributed by atoms with E-state index in [9.17, 15) is 0 Å². The summed E-state index contributed by atoms with van der Waals surface area (Å²) in [6.07, 6.45) is 0. The molecule has 0 amide bonds. The number of anilines is 3. The monoisotopic (exact) mass is 576 g/mol. The minimum absolute atomic E-state index is 0.874. The van der Waals surface area contributed by atoms with E-state index in [1.807, 2.05) is 18.2 Å². The number of aromatic nitrogens is 1. The van der Waals surface area contributed by atoms with Crippen LogP contribution in [-0.4, -0.2) is 4.57 Å². The van der Waals surface area contributed by atoms with Gasteiger partial charge in [0.2, 0.25) is 5.71 Å². The smallest absolute Gasteiger partial charge is 0.213 e. The topological polar surface area (TPSA) is 21.3 Å². The predicted molar refractivity (Wildman–Crippen MR) is 188 cm³/mol. The van der Waals surface area contributed by atoms with Gasteiger partial charge < -0.3 is 9.32 Å². The Morgan fingerprint density at radius 2 is 1.11 bits per heavy atom. The van der Waals surface area contributed by atoms with E-state index in [0.29, 0.717) is 0 Å². The molecule has 0 radical (unpaired) electrons. The van der Waals surface area contributed by atoms with Gasteiger partial charge in [0.25, 0.3) is 0 Å². The lowest BCUT2D eigenvalue weighted by Crippen LogP contribution is -2.10. The Bertz CT molecular complexity index is 2470. The highest BCUT2D eigenvalue weighted by atomic mass is 16.3. The first-order valence-electron chi connectivity index (χ1n) is 15.3. The summed E-state index contributed by atoms with van der Waals surface area (Å²) < 4.78 is 8.72. The maximum absolute atomic E-state index is 6.48. The standard InChI is InChI=1S/C42H28N2O/c1-3-14-32(15-4-1)43(38-20-11-13-30-12-7-8-18-35(30)38)34-25-22-29(23-26-34)31-24-27-39-37(28-31)41-36-19-9-10-21-40(36)45-42(41)44(39)33-16-5-2-6-17-33/h1-28H. The maximum atomic E-state index is 6.48. The summed E-state index contributed by atoms with van der Waals surface area (Å²) in [6, 6.07) is 60.1. The number of furan rings is 1. The lowest BCUT2D eigenvalue weighted by atomic mass is 10.0. The Morgan fingerprint density at radius 1 is 0.467 bits per heavy atom. The second kappa shape index (κ2) is 10.3. The van der Waals surface area contributed by atoms with E-state index in [2.05, 4.69) is 161 Å². The molecule has 45 heavy (non-hydrogen) atoms. The van der Waals surface area contributed by atoms with Gasteiger partial charge in [-0.15, -0.1) is 0 Å². The summed E-state index contributed by atoms with van der Waals surface area (Å²) in [5, 5.41) is 5.91. The van der Waals surface area contributed by atoms with Crippen molar-refractivity contribution in [3.8, 4) is 16.8 Å². The van der Waals surface area contributed by atoms with Gasteiger partial charge >= 0.3 is 0 Å². The molecule has 0 aliphatic heterocycles. The van der Waals surface area contributed by atoms with Crippen molar-refractivity contribution in [1.29, 1.82) is 0 Å². The average molecular weight is 577 g/mol. The summed E-state index contributed by atoms with van der Waals surface area (Å²) in [6.45, 7) is 0. The molecular weight excluding hydrogens is 548 g/mol. The van der Waals surface area contributed by atoms with Crippen LogP contribution in [0, 0.1) is 0 Å². The molecule has 7 aromatic carbocycles. The molecule has 0 atom stereocenters. The second-order valence-corrected chi connectivity index (χ2v) is 11.4. The molecule has 212 valence electrons. The average Bonchev–Trinajstić information content (AvgIpc) is 3.64. The van der Waals surface area contributed by atoms with Crippen molar-refractivity contribution in [2.24, 2.45) is 0 Å². The Labute approximate surface area is 260 Å². The van der Waals surface area contributed by atoms with E-state index in [-0.39, 0.29) is 0 Å². The second-order valence-electron chi connectivity index (χ2n) is 11.4. The number of hydrogen-bond acceptors (Lipinski definition) is 2. The Morgan fingerprint density at radius 3 is 1.93 bits per heavy atom. The van der Waals surface area contributed by atoms with Gasteiger partial charge in [-0.05, 0) is 77.2 Å². The summed E-state index contributed by atoms with van der Waals surface area (Å²) >= 11 is 0. The van der Waals surface area contributed by atoms with Crippen molar-refractivity contribution in [2.45, 2.75) is 0 Å². The summed E-state index contributed by atoms with van der Waals surface area (Å²) in [5.74, 6) is 0. The van der Waals surface area contributed by atoms with Gasteiger partial charge in [-0.1, -0.05) is 109 Å². The van der Waals surface area contributed by atoms with Crippen LogP contribution in [0.5, 0.6) is 0 Å².